The molecule has 0 radical (unpaired) electrons. The van der Waals surface area contributed by atoms with E-state index in [1.807, 2.05) is 45.9 Å². The Balaban J connectivity index is 1.64. The molecular weight excluding hydrogens is 296 g/mol. The smallest absolute Gasteiger partial charge is 0.188 e. The molecule has 5 nitrogen and oxygen atoms in total. The Morgan fingerprint density at radius 1 is 0.870 bits per heavy atom. The van der Waals surface area contributed by atoms with Gasteiger partial charge in [0.1, 0.15) is 12.2 Å². The quantitative estimate of drug-likeness (QED) is 0.838. The van der Waals surface area contributed by atoms with Gasteiger partial charge in [0.2, 0.25) is 0 Å². The van der Waals surface area contributed by atoms with Crippen molar-refractivity contribution in [2.75, 3.05) is 6.61 Å². The molecule has 0 N–H and O–H groups in total. The molecule has 3 aliphatic rings. The van der Waals surface area contributed by atoms with Gasteiger partial charge in [-0.15, -0.1) is 0 Å². The van der Waals surface area contributed by atoms with Crippen LogP contribution in [0.25, 0.3) is 0 Å². The van der Waals surface area contributed by atoms with Crippen molar-refractivity contribution in [2.45, 2.75) is 69.8 Å². The first-order chi connectivity index (χ1) is 10.8. The molecular formula is C18H24O5. The van der Waals surface area contributed by atoms with E-state index in [9.17, 15) is 0 Å². The number of rotatable bonds is 2. The third-order valence-electron chi connectivity index (χ3n) is 4.67. The van der Waals surface area contributed by atoms with E-state index < -0.39 is 11.6 Å². The summed E-state index contributed by atoms with van der Waals surface area (Å²) in [7, 11) is 0. The van der Waals surface area contributed by atoms with Crippen LogP contribution in [-0.2, 0) is 23.7 Å². The SMILES string of the molecule is CC1(C)OCC(C2OC3OC(C)(C)OC3C2c2ccccc2)O1. The van der Waals surface area contributed by atoms with Gasteiger partial charge in [0.25, 0.3) is 0 Å². The van der Waals surface area contributed by atoms with Crippen molar-refractivity contribution in [3.8, 4) is 0 Å². The number of benzene rings is 1. The molecule has 4 rings (SSSR count). The van der Waals surface area contributed by atoms with Gasteiger partial charge in [-0.1, -0.05) is 30.3 Å². The topological polar surface area (TPSA) is 46.2 Å². The van der Waals surface area contributed by atoms with E-state index in [4.69, 9.17) is 23.7 Å². The van der Waals surface area contributed by atoms with Crippen LogP contribution in [0.2, 0.25) is 0 Å². The van der Waals surface area contributed by atoms with Crippen molar-refractivity contribution in [1.82, 2.24) is 0 Å². The van der Waals surface area contributed by atoms with Crippen LogP contribution < -0.4 is 0 Å². The minimum atomic E-state index is -0.625. The van der Waals surface area contributed by atoms with Gasteiger partial charge in [0.05, 0.1) is 12.7 Å². The van der Waals surface area contributed by atoms with Crippen molar-refractivity contribution in [3.63, 3.8) is 0 Å². The number of ether oxygens (including phenoxy) is 5. The number of hydrogen-bond donors (Lipinski definition) is 0. The molecule has 0 saturated carbocycles. The highest BCUT2D eigenvalue weighted by atomic mass is 16.8. The van der Waals surface area contributed by atoms with Crippen LogP contribution in [0.3, 0.4) is 0 Å². The first-order valence-corrected chi connectivity index (χ1v) is 8.22. The predicted molar refractivity (Wildman–Crippen MR) is 82.8 cm³/mol. The zero-order valence-electron chi connectivity index (χ0n) is 14.0. The Kier molecular flexibility index (Phi) is 3.55. The van der Waals surface area contributed by atoms with E-state index in [-0.39, 0.29) is 30.5 Å². The molecule has 3 heterocycles. The molecule has 3 saturated heterocycles. The van der Waals surface area contributed by atoms with Crippen LogP contribution in [-0.4, -0.2) is 42.8 Å². The second-order valence-corrected chi connectivity index (χ2v) is 7.37. The highest BCUT2D eigenvalue weighted by molar-refractivity contribution is 5.25. The highest BCUT2D eigenvalue weighted by Crippen LogP contribution is 2.47. The zero-order chi connectivity index (χ0) is 16.2. The molecule has 0 amide bonds. The van der Waals surface area contributed by atoms with Crippen molar-refractivity contribution in [2.24, 2.45) is 0 Å². The second kappa shape index (κ2) is 5.26. The lowest BCUT2D eigenvalue weighted by molar-refractivity contribution is -0.223. The van der Waals surface area contributed by atoms with Gasteiger partial charge in [-0.2, -0.15) is 0 Å². The van der Waals surface area contributed by atoms with Crippen LogP contribution in [0, 0.1) is 0 Å². The maximum absolute atomic E-state index is 6.21. The van der Waals surface area contributed by atoms with E-state index in [0.29, 0.717) is 6.61 Å². The summed E-state index contributed by atoms with van der Waals surface area (Å²) in [6, 6.07) is 10.3. The number of fused-ring (bicyclic) bond motifs is 1. The molecule has 5 atom stereocenters. The monoisotopic (exact) mass is 320 g/mol. The highest BCUT2D eigenvalue weighted by Gasteiger charge is 2.58. The Bertz CT molecular complexity index is 570. The zero-order valence-corrected chi connectivity index (χ0v) is 14.0. The van der Waals surface area contributed by atoms with Crippen LogP contribution in [0.5, 0.6) is 0 Å². The molecule has 0 bridgehead atoms. The summed E-state index contributed by atoms with van der Waals surface area (Å²) in [5.74, 6) is -1.14. The Morgan fingerprint density at radius 3 is 2.26 bits per heavy atom. The number of hydrogen-bond acceptors (Lipinski definition) is 5. The van der Waals surface area contributed by atoms with E-state index in [1.54, 1.807) is 0 Å². The summed E-state index contributed by atoms with van der Waals surface area (Å²) in [5, 5.41) is 0. The molecule has 0 spiro atoms. The van der Waals surface area contributed by atoms with E-state index in [2.05, 4.69) is 12.1 Å². The van der Waals surface area contributed by atoms with E-state index in [0.717, 1.165) is 0 Å². The summed E-state index contributed by atoms with van der Waals surface area (Å²) >= 11 is 0. The lowest BCUT2D eigenvalue weighted by atomic mass is 9.87. The normalized spacial score (nSPS) is 41.1. The lowest BCUT2D eigenvalue weighted by Gasteiger charge is -2.29. The Labute approximate surface area is 136 Å². The summed E-state index contributed by atoms with van der Waals surface area (Å²) < 4.78 is 30.0. The van der Waals surface area contributed by atoms with Gasteiger partial charge < -0.3 is 23.7 Å². The maximum Gasteiger partial charge on any atom is 0.188 e. The molecule has 1 aromatic rings. The van der Waals surface area contributed by atoms with Gasteiger partial charge in [-0.05, 0) is 33.3 Å². The van der Waals surface area contributed by atoms with Crippen LogP contribution >= 0.6 is 0 Å². The molecule has 5 unspecified atom stereocenters. The fourth-order valence-corrected chi connectivity index (χ4v) is 3.78. The first-order valence-electron chi connectivity index (χ1n) is 8.22. The maximum atomic E-state index is 6.21. The second-order valence-electron chi connectivity index (χ2n) is 7.37. The van der Waals surface area contributed by atoms with Crippen molar-refractivity contribution < 1.29 is 23.7 Å². The summed E-state index contributed by atoms with van der Waals surface area (Å²) in [5.41, 5.74) is 1.18. The van der Waals surface area contributed by atoms with Gasteiger partial charge in [0, 0.05) is 5.92 Å². The van der Waals surface area contributed by atoms with Crippen LogP contribution in [0.15, 0.2) is 30.3 Å². The third kappa shape index (κ3) is 2.81. The van der Waals surface area contributed by atoms with Gasteiger partial charge >= 0.3 is 0 Å². The molecule has 0 aromatic heterocycles. The standard InChI is InChI=1S/C18H24O5/c1-17(2)19-10-12(21-17)14-13(11-8-6-5-7-9-11)15-16(20-14)23-18(3,4)22-15/h5-9,12-16H,10H2,1-4H3. The third-order valence-corrected chi connectivity index (χ3v) is 4.67. The van der Waals surface area contributed by atoms with E-state index in [1.165, 1.54) is 5.56 Å². The average Bonchev–Trinajstić information content (AvgIpc) is 3.08. The van der Waals surface area contributed by atoms with Crippen molar-refractivity contribution in [3.05, 3.63) is 35.9 Å². The first kappa shape index (κ1) is 15.5. The van der Waals surface area contributed by atoms with Gasteiger partial charge in [-0.25, -0.2) is 0 Å². The molecule has 5 heteroatoms. The summed E-state index contributed by atoms with van der Waals surface area (Å²) in [4.78, 5) is 0. The Hall–Kier alpha value is -0.980. The fraction of sp³-hybridized carbons (Fsp3) is 0.667. The molecule has 126 valence electrons. The van der Waals surface area contributed by atoms with Crippen molar-refractivity contribution >= 4 is 0 Å². The molecule has 23 heavy (non-hydrogen) atoms. The minimum Gasteiger partial charge on any atom is -0.348 e. The van der Waals surface area contributed by atoms with Gasteiger partial charge in [0.15, 0.2) is 17.9 Å². The van der Waals surface area contributed by atoms with Crippen molar-refractivity contribution in [1.29, 1.82) is 0 Å². The predicted octanol–water partition coefficient (Wildman–Crippen LogP) is 2.80. The summed E-state index contributed by atoms with van der Waals surface area (Å²) in [6.07, 6.45) is -0.779. The molecule has 3 aliphatic heterocycles. The molecule has 3 fully saturated rings. The largest absolute Gasteiger partial charge is 0.348 e. The average molecular weight is 320 g/mol. The van der Waals surface area contributed by atoms with Crippen LogP contribution in [0.4, 0.5) is 0 Å². The summed E-state index contributed by atoms with van der Waals surface area (Å²) in [6.45, 7) is 8.21. The molecule has 0 aliphatic carbocycles. The van der Waals surface area contributed by atoms with Crippen LogP contribution in [0.1, 0.15) is 39.2 Å². The van der Waals surface area contributed by atoms with E-state index >= 15 is 0 Å². The minimum absolute atomic E-state index is 0.0606. The lowest BCUT2D eigenvalue weighted by Crippen LogP contribution is -2.38. The molecule has 1 aromatic carbocycles. The fourth-order valence-electron chi connectivity index (χ4n) is 3.78. The van der Waals surface area contributed by atoms with Gasteiger partial charge in [-0.3, -0.25) is 0 Å². The Morgan fingerprint density at radius 2 is 1.61 bits per heavy atom.